The fraction of sp³-hybridized carbons (Fsp3) is 0.647. The van der Waals surface area contributed by atoms with Crippen LogP contribution in [0.2, 0.25) is 0 Å². The zero-order chi connectivity index (χ0) is 22.0. The van der Waals surface area contributed by atoms with Gasteiger partial charge in [0.05, 0.1) is 30.2 Å². The Morgan fingerprint density at radius 2 is 1.90 bits per heavy atom. The minimum atomic E-state index is -4.89. The van der Waals surface area contributed by atoms with E-state index in [-0.39, 0.29) is 19.0 Å². The number of hydrogen-bond acceptors (Lipinski definition) is 6. The fourth-order valence-corrected chi connectivity index (χ4v) is 3.25. The van der Waals surface area contributed by atoms with Gasteiger partial charge in [0.2, 0.25) is 11.5 Å². The highest BCUT2D eigenvalue weighted by Gasteiger charge is 2.55. The smallest absolute Gasteiger partial charge is 0.424 e. The number of aliphatic hydroxyl groups is 1. The maximum absolute atomic E-state index is 13.3. The van der Waals surface area contributed by atoms with Crippen LogP contribution in [-0.4, -0.2) is 56.6 Å². The van der Waals surface area contributed by atoms with Crippen molar-refractivity contribution in [3.63, 3.8) is 0 Å². The molecule has 8 nitrogen and oxygen atoms in total. The molecule has 1 aliphatic rings. The van der Waals surface area contributed by atoms with Gasteiger partial charge in [-0.15, -0.1) is 5.10 Å². The second-order valence-corrected chi connectivity index (χ2v) is 10.8. The number of sulfone groups is 1. The largest absolute Gasteiger partial charge is 0.475 e. The molecule has 0 saturated carbocycles. The standard InChI is InChI=1S/C17H23F3N4O4S/c1-10-8-23-11(6-13(22-23)28-9-15(2,3)29(5,26)27)12-7-21-14(24(10)12)16(4,25)17(18,19)20/h6-7,10,25H,8-9H2,1-5H3/t10-,16+/m0/s1. The molecular formula is C17H23F3N4O4S. The lowest BCUT2D eigenvalue weighted by atomic mass is 10.0. The van der Waals surface area contributed by atoms with Crippen LogP contribution >= 0.6 is 0 Å². The Labute approximate surface area is 166 Å². The van der Waals surface area contributed by atoms with E-state index in [1.807, 2.05) is 0 Å². The summed E-state index contributed by atoms with van der Waals surface area (Å²) >= 11 is 0. The Morgan fingerprint density at radius 1 is 1.28 bits per heavy atom. The van der Waals surface area contributed by atoms with E-state index < -0.39 is 38.2 Å². The van der Waals surface area contributed by atoms with E-state index in [4.69, 9.17) is 4.74 Å². The summed E-state index contributed by atoms with van der Waals surface area (Å²) < 4.78 is 70.9. The van der Waals surface area contributed by atoms with Crippen molar-refractivity contribution in [2.45, 2.75) is 56.8 Å². The first-order chi connectivity index (χ1) is 13.1. The summed E-state index contributed by atoms with van der Waals surface area (Å²) in [5.41, 5.74) is -2.29. The first-order valence-corrected chi connectivity index (χ1v) is 10.7. The van der Waals surface area contributed by atoms with E-state index in [1.54, 1.807) is 11.6 Å². The lowest BCUT2D eigenvalue weighted by Gasteiger charge is -2.31. The number of hydrogen-bond donors (Lipinski definition) is 1. The van der Waals surface area contributed by atoms with Crippen molar-refractivity contribution in [2.24, 2.45) is 0 Å². The molecule has 0 spiro atoms. The number of fused-ring (bicyclic) bond motifs is 3. The number of imidazole rings is 1. The van der Waals surface area contributed by atoms with Crippen LogP contribution in [0.4, 0.5) is 13.2 Å². The normalized spacial score (nSPS) is 19.4. The van der Waals surface area contributed by atoms with Gasteiger partial charge in [-0.05, 0) is 27.7 Å². The highest BCUT2D eigenvalue weighted by molar-refractivity contribution is 7.92. The first-order valence-electron chi connectivity index (χ1n) is 8.83. The third-order valence-corrected chi connectivity index (χ3v) is 7.38. The summed E-state index contributed by atoms with van der Waals surface area (Å²) in [7, 11) is -3.37. The van der Waals surface area contributed by atoms with Crippen molar-refractivity contribution >= 4 is 9.84 Å². The molecule has 0 amide bonds. The minimum absolute atomic E-state index is 0.134. The molecule has 2 aromatic rings. The Bertz CT molecular complexity index is 1040. The number of aromatic nitrogens is 4. The Morgan fingerprint density at radius 3 is 2.45 bits per heavy atom. The SMILES string of the molecule is C[C@H]1Cn2nc(OCC(C)(C)S(C)(=O)=O)cc2-c2cnc([C@@](C)(O)C(F)(F)F)n21. The van der Waals surface area contributed by atoms with Crippen molar-refractivity contribution in [3.8, 4) is 17.3 Å². The van der Waals surface area contributed by atoms with Crippen molar-refractivity contribution in [3.05, 3.63) is 18.1 Å². The number of halogens is 3. The van der Waals surface area contributed by atoms with Crippen LogP contribution in [-0.2, 0) is 22.0 Å². The van der Waals surface area contributed by atoms with E-state index in [0.717, 1.165) is 6.26 Å². The van der Waals surface area contributed by atoms with Crippen LogP contribution in [0.15, 0.2) is 12.3 Å². The topological polar surface area (TPSA) is 99.2 Å². The molecule has 3 heterocycles. The second kappa shape index (κ2) is 6.46. The summed E-state index contributed by atoms with van der Waals surface area (Å²) in [5, 5.41) is 14.4. The summed E-state index contributed by atoms with van der Waals surface area (Å²) in [6.45, 7) is 5.52. The number of rotatable bonds is 5. The van der Waals surface area contributed by atoms with E-state index >= 15 is 0 Å². The molecule has 12 heteroatoms. The minimum Gasteiger partial charge on any atom is -0.475 e. The van der Waals surface area contributed by atoms with Crippen LogP contribution in [0.5, 0.6) is 5.88 Å². The number of ether oxygens (including phenoxy) is 1. The first kappa shape index (κ1) is 21.6. The molecule has 3 rings (SSSR count). The van der Waals surface area contributed by atoms with Gasteiger partial charge < -0.3 is 14.4 Å². The zero-order valence-corrected chi connectivity index (χ0v) is 17.5. The molecule has 1 aliphatic heterocycles. The van der Waals surface area contributed by atoms with Crippen LogP contribution in [0.25, 0.3) is 11.4 Å². The van der Waals surface area contributed by atoms with Crippen LogP contribution in [0.1, 0.15) is 39.6 Å². The van der Waals surface area contributed by atoms with Gasteiger partial charge in [-0.2, -0.15) is 13.2 Å². The van der Waals surface area contributed by atoms with Crippen LogP contribution in [0.3, 0.4) is 0 Å². The van der Waals surface area contributed by atoms with Crippen LogP contribution in [0, 0.1) is 0 Å². The van der Waals surface area contributed by atoms with Crippen molar-refractivity contribution in [1.29, 1.82) is 0 Å². The van der Waals surface area contributed by atoms with Gasteiger partial charge in [0.1, 0.15) is 11.4 Å². The number of alkyl halides is 3. The van der Waals surface area contributed by atoms with E-state index in [0.29, 0.717) is 18.3 Å². The Balaban J connectivity index is 1.96. The van der Waals surface area contributed by atoms with Gasteiger partial charge >= 0.3 is 6.18 Å². The summed E-state index contributed by atoms with van der Waals surface area (Å²) in [5.74, 6) is -0.344. The summed E-state index contributed by atoms with van der Waals surface area (Å²) in [6, 6.07) is 1.06. The third kappa shape index (κ3) is 3.52. The molecule has 0 aliphatic carbocycles. The Hall–Kier alpha value is -2.08. The highest BCUT2D eigenvalue weighted by Crippen LogP contribution is 2.42. The molecule has 2 atom stereocenters. The molecule has 0 unspecified atom stereocenters. The maximum Gasteiger partial charge on any atom is 0.424 e. The van der Waals surface area contributed by atoms with Gasteiger partial charge in [-0.1, -0.05) is 0 Å². The molecule has 0 bridgehead atoms. The van der Waals surface area contributed by atoms with Gasteiger partial charge in [0, 0.05) is 12.3 Å². The predicted molar refractivity (Wildman–Crippen MR) is 98.2 cm³/mol. The lowest BCUT2D eigenvalue weighted by molar-refractivity contribution is -0.262. The molecule has 0 saturated heterocycles. The van der Waals surface area contributed by atoms with Gasteiger partial charge in [-0.25, -0.2) is 13.4 Å². The predicted octanol–water partition coefficient (Wildman–Crippen LogP) is 2.29. The van der Waals surface area contributed by atoms with Gasteiger partial charge in [0.25, 0.3) is 0 Å². The monoisotopic (exact) mass is 436 g/mol. The Kier molecular flexibility index (Phi) is 4.82. The van der Waals surface area contributed by atoms with Crippen LogP contribution < -0.4 is 4.74 Å². The molecule has 0 aromatic carbocycles. The summed E-state index contributed by atoms with van der Waals surface area (Å²) in [6.07, 6.45) is -2.52. The van der Waals surface area contributed by atoms with Gasteiger partial charge in [0.15, 0.2) is 15.7 Å². The second-order valence-electron chi connectivity index (χ2n) is 8.13. The molecule has 2 aromatic heterocycles. The van der Waals surface area contributed by atoms with E-state index in [2.05, 4.69) is 10.1 Å². The molecule has 162 valence electrons. The van der Waals surface area contributed by atoms with Crippen molar-refractivity contribution in [1.82, 2.24) is 19.3 Å². The average molecular weight is 436 g/mol. The maximum atomic E-state index is 13.3. The van der Waals surface area contributed by atoms with Gasteiger partial charge in [-0.3, -0.25) is 4.68 Å². The molecule has 0 fully saturated rings. The zero-order valence-electron chi connectivity index (χ0n) is 16.6. The fourth-order valence-electron chi connectivity index (χ4n) is 2.98. The molecule has 1 N–H and O–H groups in total. The van der Waals surface area contributed by atoms with Crippen molar-refractivity contribution in [2.75, 3.05) is 12.9 Å². The third-order valence-electron chi connectivity index (χ3n) is 5.25. The quantitative estimate of drug-likeness (QED) is 0.772. The van der Waals surface area contributed by atoms with E-state index in [9.17, 15) is 26.7 Å². The average Bonchev–Trinajstić information content (AvgIpc) is 3.14. The molecular weight excluding hydrogens is 413 g/mol. The lowest BCUT2D eigenvalue weighted by Crippen LogP contribution is -2.42. The molecule has 29 heavy (non-hydrogen) atoms. The highest BCUT2D eigenvalue weighted by atomic mass is 32.2. The number of nitrogens with zero attached hydrogens (tertiary/aromatic N) is 4. The summed E-state index contributed by atoms with van der Waals surface area (Å²) in [4.78, 5) is 3.84. The van der Waals surface area contributed by atoms with Crippen molar-refractivity contribution < 1.29 is 31.4 Å². The van der Waals surface area contributed by atoms with E-state index in [1.165, 1.54) is 30.7 Å². The molecule has 0 radical (unpaired) electrons.